The SMILES string of the molecule is COc1ccc(CO[C@H](C)/C=C/[C@H]2C(C)=C[C@H](O)CC2(C)C)cc1. The standard InChI is InChI=1S/C21H30O3/c1-15-12-18(22)13-21(3,4)20(15)11-6-16(2)24-14-17-7-9-19(23-5)10-8-17/h6-12,16,18,20,22H,13-14H2,1-5H3/b11-6+/t16-,18+,20+/m1/s1. The molecule has 0 aromatic heterocycles. The zero-order valence-corrected chi connectivity index (χ0v) is 15.5. The predicted molar refractivity (Wildman–Crippen MR) is 98.0 cm³/mol. The van der Waals surface area contributed by atoms with Gasteiger partial charge < -0.3 is 14.6 Å². The van der Waals surface area contributed by atoms with Crippen molar-refractivity contribution < 1.29 is 14.6 Å². The minimum Gasteiger partial charge on any atom is -0.497 e. The summed E-state index contributed by atoms with van der Waals surface area (Å²) < 4.78 is 11.1. The third-order valence-corrected chi connectivity index (χ3v) is 4.77. The summed E-state index contributed by atoms with van der Waals surface area (Å²) >= 11 is 0. The Bertz CT molecular complexity index is 584. The van der Waals surface area contributed by atoms with Gasteiger partial charge in [-0.2, -0.15) is 0 Å². The van der Waals surface area contributed by atoms with Gasteiger partial charge >= 0.3 is 0 Å². The molecule has 3 atom stereocenters. The highest BCUT2D eigenvalue weighted by Gasteiger charge is 2.34. The first-order valence-corrected chi connectivity index (χ1v) is 8.61. The van der Waals surface area contributed by atoms with Crippen molar-refractivity contribution in [1.29, 1.82) is 0 Å². The summed E-state index contributed by atoms with van der Waals surface area (Å²) in [5.41, 5.74) is 2.43. The number of allylic oxidation sites excluding steroid dienone is 2. The van der Waals surface area contributed by atoms with E-state index in [1.54, 1.807) is 7.11 Å². The molecule has 0 radical (unpaired) electrons. The molecule has 0 fully saturated rings. The Balaban J connectivity index is 1.92. The number of hydrogen-bond donors (Lipinski definition) is 1. The molecule has 0 bridgehead atoms. The molecule has 1 aliphatic carbocycles. The van der Waals surface area contributed by atoms with Gasteiger partial charge in [0.2, 0.25) is 0 Å². The number of methoxy groups -OCH3 is 1. The maximum Gasteiger partial charge on any atom is 0.118 e. The van der Waals surface area contributed by atoms with Crippen LogP contribution in [-0.4, -0.2) is 24.4 Å². The van der Waals surface area contributed by atoms with Gasteiger partial charge in [0, 0.05) is 5.92 Å². The van der Waals surface area contributed by atoms with Crippen molar-refractivity contribution in [3.63, 3.8) is 0 Å². The molecule has 0 saturated carbocycles. The number of rotatable bonds is 6. The van der Waals surface area contributed by atoms with E-state index in [0.29, 0.717) is 12.5 Å². The monoisotopic (exact) mass is 330 g/mol. The minimum absolute atomic E-state index is 0.0440. The van der Waals surface area contributed by atoms with E-state index in [4.69, 9.17) is 9.47 Å². The van der Waals surface area contributed by atoms with Crippen LogP contribution in [-0.2, 0) is 11.3 Å². The average molecular weight is 330 g/mol. The number of benzene rings is 1. The first-order chi connectivity index (χ1) is 11.3. The van der Waals surface area contributed by atoms with Gasteiger partial charge in [-0.25, -0.2) is 0 Å². The smallest absolute Gasteiger partial charge is 0.118 e. The molecule has 3 heteroatoms. The molecule has 0 aliphatic heterocycles. The summed E-state index contributed by atoms with van der Waals surface area (Å²) in [6, 6.07) is 7.94. The first kappa shape index (κ1) is 18.8. The maximum atomic E-state index is 9.92. The van der Waals surface area contributed by atoms with Crippen LogP contribution in [0.5, 0.6) is 5.75 Å². The molecule has 0 saturated heterocycles. The van der Waals surface area contributed by atoms with Crippen LogP contribution in [0.15, 0.2) is 48.1 Å². The van der Waals surface area contributed by atoms with Crippen LogP contribution in [0.1, 0.15) is 39.7 Å². The van der Waals surface area contributed by atoms with Crippen molar-refractivity contribution in [3.8, 4) is 5.75 Å². The fraction of sp³-hybridized carbons (Fsp3) is 0.524. The number of hydrogen-bond acceptors (Lipinski definition) is 3. The van der Waals surface area contributed by atoms with Gasteiger partial charge in [0.1, 0.15) is 5.75 Å². The molecule has 132 valence electrons. The summed E-state index contributed by atoms with van der Waals surface area (Å²) in [6.07, 6.45) is 6.85. The van der Waals surface area contributed by atoms with E-state index < -0.39 is 0 Å². The van der Waals surface area contributed by atoms with Crippen molar-refractivity contribution >= 4 is 0 Å². The number of ether oxygens (including phenoxy) is 2. The van der Waals surface area contributed by atoms with Crippen molar-refractivity contribution in [2.75, 3.05) is 7.11 Å². The topological polar surface area (TPSA) is 38.7 Å². The molecule has 0 amide bonds. The van der Waals surface area contributed by atoms with Gasteiger partial charge in [-0.15, -0.1) is 0 Å². The van der Waals surface area contributed by atoms with Crippen LogP contribution in [0.4, 0.5) is 0 Å². The lowest BCUT2D eigenvalue weighted by Gasteiger charge is -2.38. The van der Waals surface area contributed by atoms with E-state index >= 15 is 0 Å². The van der Waals surface area contributed by atoms with Gasteiger partial charge in [0.15, 0.2) is 0 Å². The first-order valence-electron chi connectivity index (χ1n) is 8.61. The highest BCUT2D eigenvalue weighted by molar-refractivity contribution is 5.26. The van der Waals surface area contributed by atoms with Gasteiger partial charge in [-0.1, -0.05) is 49.8 Å². The molecular weight excluding hydrogens is 300 g/mol. The Hall–Kier alpha value is -1.58. The molecular formula is C21H30O3. The van der Waals surface area contributed by atoms with Crippen LogP contribution in [0, 0.1) is 11.3 Å². The van der Waals surface area contributed by atoms with E-state index in [9.17, 15) is 5.11 Å². The molecule has 24 heavy (non-hydrogen) atoms. The molecule has 0 heterocycles. The predicted octanol–water partition coefficient (Wildman–Crippen LogP) is 4.51. The Morgan fingerprint density at radius 1 is 1.29 bits per heavy atom. The molecule has 1 N–H and O–H groups in total. The molecule has 1 aliphatic rings. The van der Waals surface area contributed by atoms with Crippen molar-refractivity contribution in [1.82, 2.24) is 0 Å². The summed E-state index contributed by atoms with van der Waals surface area (Å²) in [7, 11) is 1.67. The molecule has 3 nitrogen and oxygen atoms in total. The van der Waals surface area contributed by atoms with Gasteiger partial charge in [0.25, 0.3) is 0 Å². The summed E-state index contributed by atoms with van der Waals surface area (Å²) in [5, 5.41) is 9.92. The summed E-state index contributed by atoms with van der Waals surface area (Å²) in [5.74, 6) is 1.20. The second kappa shape index (κ2) is 8.00. The van der Waals surface area contributed by atoms with Crippen LogP contribution >= 0.6 is 0 Å². The van der Waals surface area contributed by atoms with Gasteiger partial charge in [-0.3, -0.25) is 0 Å². The molecule has 1 aromatic carbocycles. The normalized spacial score (nSPS) is 24.7. The Morgan fingerprint density at radius 3 is 2.54 bits per heavy atom. The van der Waals surface area contributed by atoms with Crippen molar-refractivity contribution in [2.24, 2.45) is 11.3 Å². The molecule has 0 unspecified atom stereocenters. The molecule has 2 rings (SSSR count). The minimum atomic E-state index is -0.326. The summed E-state index contributed by atoms with van der Waals surface area (Å²) in [6.45, 7) is 9.16. The second-order valence-electron chi connectivity index (χ2n) is 7.40. The fourth-order valence-electron chi connectivity index (χ4n) is 3.43. The zero-order chi connectivity index (χ0) is 17.7. The Kier molecular flexibility index (Phi) is 6.25. The van der Waals surface area contributed by atoms with Gasteiger partial charge in [-0.05, 0) is 43.4 Å². The van der Waals surface area contributed by atoms with E-state index in [1.807, 2.05) is 30.3 Å². The van der Waals surface area contributed by atoms with Crippen LogP contribution in [0.25, 0.3) is 0 Å². The van der Waals surface area contributed by atoms with E-state index in [-0.39, 0.29) is 17.6 Å². The molecule has 1 aromatic rings. The number of aliphatic hydroxyl groups is 1. The third kappa shape index (κ3) is 4.96. The quantitative estimate of drug-likeness (QED) is 0.780. The Labute approximate surface area is 146 Å². The lowest BCUT2D eigenvalue weighted by molar-refractivity contribution is 0.0825. The average Bonchev–Trinajstić information content (AvgIpc) is 2.51. The number of aliphatic hydroxyl groups excluding tert-OH is 1. The van der Waals surface area contributed by atoms with E-state index in [1.165, 1.54) is 5.57 Å². The van der Waals surface area contributed by atoms with E-state index in [0.717, 1.165) is 17.7 Å². The van der Waals surface area contributed by atoms with Gasteiger partial charge in [0.05, 0.1) is 25.9 Å². The van der Waals surface area contributed by atoms with Crippen LogP contribution < -0.4 is 4.74 Å². The lowest BCUT2D eigenvalue weighted by atomic mass is 9.68. The Morgan fingerprint density at radius 2 is 1.96 bits per heavy atom. The summed E-state index contributed by atoms with van der Waals surface area (Å²) in [4.78, 5) is 0. The highest BCUT2D eigenvalue weighted by atomic mass is 16.5. The zero-order valence-electron chi connectivity index (χ0n) is 15.5. The largest absolute Gasteiger partial charge is 0.497 e. The van der Waals surface area contributed by atoms with E-state index in [2.05, 4.69) is 39.8 Å². The lowest BCUT2D eigenvalue weighted by Crippen LogP contribution is -2.32. The fourth-order valence-corrected chi connectivity index (χ4v) is 3.43. The van der Waals surface area contributed by atoms with Crippen molar-refractivity contribution in [2.45, 2.75) is 52.9 Å². The highest BCUT2D eigenvalue weighted by Crippen LogP contribution is 2.41. The second-order valence-corrected chi connectivity index (χ2v) is 7.40. The maximum absolute atomic E-state index is 9.92. The molecule has 0 spiro atoms. The van der Waals surface area contributed by atoms with Crippen molar-refractivity contribution in [3.05, 3.63) is 53.6 Å². The third-order valence-electron chi connectivity index (χ3n) is 4.77. The van der Waals surface area contributed by atoms with Crippen LogP contribution in [0.2, 0.25) is 0 Å². The van der Waals surface area contributed by atoms with Crippen LogP contribution in [0.3, 0.4) is 0 Å².